The molecule has 0 fully saturated rings. The predicted octanol–water partition coefficient (Wildman–Crippen LogP) is 12.6. The number of nitrogens with zero attached hydrogens (tertiary/aromatic N) is 2. The van der Waals surface area contributed by atoms with E-state index in [-0.39, 0.29) is 0 Å². The Hall–Kier alpha value is -0.960. The van der Waals surface area contributed by atoms with E-state index in [2.05, 4.69) is 52.9 Å². The molecule has 0 rings (SSSR count). The van der Waals surface area contributed by atoms with Crippen LogP contribution in [0.3, 0.4) is 0 Å². The van der Waals surface area contributed by atoms with Gasteiger partial charge in [-0.2, -0.15) is 0 Å². The maximum atomic E-state index is 6.13. The summed E-state index contributed by atoms with van der Waals surface area (Å²) in [7, 11) is 4.67. The lowest BCUT2D eigenvalue weighted by molar-refractivity contribution is -0.886. The van der Waals surface area contributed by atoms with Crippen LogP contribution in [0.4, 0.5) is 0 Å². The topological polar surface area (TPSA) is 12.5 Å². The number of hydrogen-bond donors (Lipinski definition) is 0. The smallest absolute Gasteiger partial charge is 0.118 e. The van der Waals surface area contributed by atoms with Gasteiger partial charge in [-0.3, -0.25) is 0 Å². The highest BCUT2D eigenvalue weighted by molar-refractivity contribution is 4.94. The Labute approximate surface area is 272 Å². The number of rotatable bonds is 35. The average molecular weight is 606 g/mol. The second-order valence-electron chi connectivity index (χ2n) is 14.3. The Morgan fingerprint density at radius 3 is 1.33 bits per heavy atom. The molecule has 0 unspecified atom stereocenters. The van der Waals surface area contributed by atoms with Gasteiger partial charge in [0, 0.05) is 13.0 Å². The lowest BCUT2D eigenvalue weighted by Gasteiger charge is -2.35. The molecule has 0 spiro atoms. The van der Waals surface area contributed by atoms with Crippen molar-refractivity contribution in [2.45, 2.75) is 188 Å². The van der Waals surface area contributed by atoms with E-state index in [9.17, 15) is 0 Å². The molecule has 0 saturated carbocycles. The number of unbranched alkanes of at least 4 members (excludes halogenated alkanes) is 22. The molecule has 0 amide bonds. The van der Waals surface area contributed by atoms with E-state index in [1.165, 1.54) is 173 Å². The van der Waals surface area contributed by atoms with Gasteiger partial charge in [0.15, 0.2) is 0 Å². The summed E-state index contributed by atoms with van der Waals surface area (Å²) in [5.41, 5.74) is 1.27. The zero-order valence-corrected chi connectivity index (χ0v) is 30.6. The second-order valence-corrected chi connectivity index (χ2v) is 14.3. The zero-order chi connectivity index (χ0) is 31.9. The molecule has 0 radical (unpaired) electrons. The summed E-state index contributed by atoms with van der Waals surface area (Å²) in [6.45, 7) is 20.6. The highest BCUT2D eigenvalue weighted by atomic mass is 16.5. The van der Waals surface area contributed by atoms with E-state index < -0.39 is 0 Å². The van der Waals surface area contributed by atoms with E-state index in [1.54, 1.807) is 0 Å². The Kier molecular flexibility index (Phi) is 30.3. The van der Waals surface area contributed by atoms with Crippen LogP contribution in [0, 0.1) is 0 Å². The van der Waals surface area contributed by atoms with Gasteiger partial charge < -0.3 is 14.1 Å². The molecule has 0 aliphatic heterocycles. The van der Waals surface area contributed by atoms with Crippen LogP contribution in [0.2, 0.25) is 0 Å². The van der Waals surface area contributed by atoms with Crippen LogP contribution in [0.1, 0.15) is 188 Å². The summed E-state index contributed by atoms with van der Waals surface area (Å²) in [5, 5.41) is 0. The maximum Gasteiger partial charge on any atom is 0.118 e. The normalized spacial score (nSPS) is 11.7. The third kappa shape index (κ3) is 29.5. The highest BCUT2D eigenvalue weighted by Crippen LogP contribution is 2.17. The largest absolute Gasteiger partial charge is 0.497 e. The van der Waals surface area contributed by atoms with Crippen LogP contribution in [0.25, 0.3) is 0 Å². The molecular formula is C40H81N2O+. The summed E-state index contributed by atoms with van der Waals surface area (Å²) in [5.74, 6) is 0.976. The van der Waals surface area contributed by atoms with Gasteiger partial charge in [0.05, 0.1) is 38.6 Å². The molecule has 0 aromatic rings. The number of quaternary nitrogens is 1. The predicted molar refractivity (Wildman–Crippen MR) is 195 cm³/mol. The van der Waals surface area contributed by atoms with Crippen molar-refractivity contribution in [3.63, 3.8) is 0 Å². The van der Waals surface area contributed by atoms with E-state index in [0.717, 1.165) is 42.9 Å². The van der Waals surface area contributed by atoms with Crippen LogP contribution in [0.5, 0.6) is 0 Å². The summed E-state index contributed by atoms with van der Waals surface area (Å²) < 4.78 is 7.14. The minimum absolute atomic E-state index is 0.732. The van der Waals surface area contributed by atoms with E-state index in [4.69, 9.17) is 4.74 Å². The Morgan fingerprint density at radius 1 is 0.512 bits per heavy atom. The first-order valence-electron chi connectivity index (χ1n) is 19.4. The van der Waals surface area contributed by atoms with Crippen LogP contribution in [-0.2, 0) is 4.74 Å². The molecule has 3 heteroatoms. The lowest BCUT2D eigenvalue weighted by Crippen LogP contribution is -2.45. The summed E-state index contributed by atoms with van der Waals surface area (Å²) in [6.07, 6.45) is 35.6. The van der Waals surface area contributed by atoms with Crippen molar-refractivity contribution in [2.24, 2.45) is 0 Å². The minimum Gasteiger partial charge on any atom is -0.497 e. The van der Waals surface area contributed by atoms with Gasteiger partial charge in [0.2, 0.25) is 0 Å². The molecule has 0 aliphatic carbocycles. The van der Waals surface area contributed by atoms with E-state index in [1.807, 2.05) is 0 Å². The van der Waals surface area contributed by atoms with Crippen molar-refractivity contribution in [3.8, 4) is 0 Å². The summed E-state index contributed by atoms with van der Waals surface area (Å²) >= 11 is 0. The fourth-order valence-electron chi connectivity index (χ4n) is 6.39. The molecule has 0 N–H and O–H groups in total. The molecule has 43 heavy (non-hydrogen) atoms. The summed E-state index contributed by atoms with van der Waals surface area (Å²) in [6, 6.07) is 0. The average Bonchev–Trinajstić information content (AvgIpc) is 2.97. The Morgan fingerprint density at radius 2 is 0.907 bits per heavy atom. The quantitative estimate of drug-likeness (QED) is 0.0405. The van der Waals surface area contributed by atoms with Crippen LogP contribution in [-0.4, -0.2) is 56.3 Å². The molecule has 0 aliphatic rings. The first-order valence-corrected chi connectivity index (χ1v) is 19.4. The monoisotopic (exact) mass is 606 g/mol. The van der Waals surface area contributed by atoms with Crippen LogP contribution in [0.15, 0.2) is 24.6 Å². The second kappa shape index (κ2) is 31.0. The van der Waals surface area contributed by atoms with Crippen molar-refractivity contribution >= 4 is 0 Å². The third-order valence-corrected chi connectivity index (χ3v) is 9.14. The number of hydrogen-bond acceptors (Lipinski definition) is 2. The van der Waals surface area contributed by atoms with Gasteiger partial charge in [-0.15, -0.1) is 0 Å². The minimum atomic E-state index is 0.732. The molecule has 3 nitrogen and oxygen atoms in total. The van der Waals surface area contributed by atoms with Crippen LogP contribution < -0.4 is 0 Å². The van der Waals surface area contributed by atoms with Crippen molar-refractivity contribution in [3.05, 3.63) is 24.6 Å². The van der Waals surface area contributed by atoms with Gasteiger partial charge >= 0.3 is 0 Å². The Balaban J connectivity index is 4.15. The van der Waals surface area contributed by atoms with E-state index in [0.29, 0.717) is 0 Å². The molecule has 0 heterocycles. The first-order chi connectivity index (χ1) is 20.9. The molecule has 0 saturated heterocycles. The highest BCUT2D eigenvalue weighted by Gasteiger charge is 2.19. The molecule has 0 atom stereocenters. The molecule has 0 bridgehead atoms. The fourth-order valence-corrected chi connectivity index (χ4v) is 6.39. The number of likely N-dealkylation sites (N-methyl/N-ethyl adjacent to an activating group) is 1. The van der Waals surface area contributed by atoms with Crippen molar-refractivity contribution in [1.29, 1.82) is 0 Å². The standard InChI is InChI=1S/C40H81N2O/c1-8-11-13-15-17-19-21-22-24-26-28-30-32-34-41(39(4)38-42(6,7)36-10-3)35-37-43-40(5)33-31-29-27-25-23-20-18-16-14-12-9-2/h4-5,8-38H2,1-3,6-7H3/q+1. The van der Waals surface area contributed by atoms with Crippen molar-refractivity contribution < 1.29 is 9.22 Å². The summed E-state index contributed by atoms with van der Waals surface area (Å²) in [4.78, 5) is 2.52. The van der Waals surface area contributed by atoms with Gasteiger partial charge in [0.1, 0.15) is 13.2 Å². The SMILES string of the molecule is C=C(CCCCCCCCCCCCC)OCCN(CCCCCCCCCCCCCCC)C(=C)C[N+](C)(C)CCC. The molecule has 0 aromatic heterocycles. The first kappa shape index (κ1) is 42.0. The van der Waals surface area contributed by atoms with Gasteiger partial charge in [0.25, 0.3) is 0 Å². The molecular weight excluding hydrogens is 524 g/mol. The van der Waals surface area contributed by atoms with Crippen molar-refractivity contribution in [1.82, 2.24) is 4.90 Å². The number of allylic oxidation sites excluding steroid dienone is 1. The van der Waals surface area contributed by atoms with Gasteiger partial charge in [-0.05, 0) is 19.3 Å². The van der Waals surface area contributed by atoms with E-state index >= 15 is 0 Å². The van der Waals surface area contributed by atoms with Crippen molar-refractivity contribution in [2.75, 3.05) is 46.9 Å². The third-order valence-electron chi connectivity index (χ3n) is 9.14. The fraction of sp³-hybridized carbons (Fsp3) is 0.900. The van der Waals surface area contributed by atoms with Gasteiger partial charge in [-0.1, -0.05) is 175 Å². The Bertz CT molecular complexity index is 614. The number of ether oxygens (including phenoxy) is 1. The molecule has 0 aromatic carbocycles. The van der Waals surface area contributed by atoms with Gasteiger partial charge in [-0.25, -0.2) is 0 Å². The lowest BCUT2D eigenvalue weighted by atomic mass is 10.0. The maximum absolute atomic E-state index is 6.13. The molecule has 256 valence electrons. The zero-order valence-electron chi connectivity index (χ0n) is 30.6. The van der Waals surface area contributed by atoms with Crippen LogP contribution >= 0.6 is 0 Å².